The van der Waals surface area contributed by atoms with Crippen molar-refractivity contribution in [2.24, 2.45) is 5.92 Å². The van der Waals surface area contributed by atoms with Crippen LogP contribution in [0, 0.1) is 5.92 Å². The van der Waals surface area contributed by atoms with Crippen LogP contribution < -0.4 is 4.74 Å². The van der Waals surface area contributed by atoms with Gasteiger partial charge in [0.15, 0.2) is 0 Å². The molecular weight excluding hydrogens is 220 g/mol. The van der Waals surface area contributed by atoms with Crippen LogP contribution in [-0.4, -0.2) is 0 Å². The molecule has 2 atom stereocenters. The van der Waals surface area contributed by atoms with E-state index in [1.165, 1.54) is 29.5 Å². The van der Waals surface area contributed by atoms with Gasteiger partial charge >= 0.3 is 0 Å². The first-order chi connectivity index (χ1) is 8.92. The zero-order chi connectivity index (χ0) is 11.9. The largest absolute Gasteiger partial charge is 0.489 e. The molecule has 0 aromatic heterocycles. The summed E-state index contributed by atoms with van der Waals surface area (Å²) in [7, 11) is 0. The number of benzene rings is 2. The van der Waals surface area contributed by atoms with Crippen molar-refractivity contribution in [3.05, 3.63) is 65.2 Å². The van der Waals surface area contributed by atoms with E-state index in [2.05, 4.69) is 42.5 Å². The van der Waals surface area contributed by atoms with Crippen molar-refractivity contribution in [2.45, 2.75) is 25.4 Å². The minimum atomic E-state index is 0.675. The van der Waals surface area contributed by atoms with Gasteiger partial charge in [-0.3, -0.25) is 0 Å². The molecule has 90 valence electrons. The molecule has 2 aromatic rings. The quantitative estimate of drug-likeness (QED) is 0.784. The van der Waals surface area contributed by atoms with Crippen molar-refractivity contribution in [2.75, 3.05) is 0 Å². The molecule has 1 fully saturated rings. The van der Waals surface area contributed by atoms with E-state index in [9.17, 15) is 0 Å². The van der Waals surface area contributed by atoms with E-state index in [4.69, 9.17) is 4.74 Å². The van der Waals surface area contributed by atoms with Crippen LogP contribution in [0.5, 0.6) is 5.75 Å². The summed E-state index contributed by atoms with van der Waals surface area (Å²) in [6.45, 7) is 0.675. The standard InChI is InChI=1S/C17H16O/c1-2-5-12(6-3-1)11-18-16-8-4-7-13-9-14-10-15(14)17(13)16/h1-8,14-15H,9-11H2. The van der Waals surface area contributed by atoms with Gasteiger partial charge in [0.2, 0.25) is 0 Å². The molecule has 0 bridgehead atoms. The van der Waals surface area contributed by atoms with Crippen LogP contribution in [0.15, 0.2) is 48.5 Å². The summed E-state index contributed by atoms with van der Waals surface area (Å²) >= 11 is 0. The molecular formula is C17H16O. The third-order valence-corrected chi connectivity index (χ3v) is 4.17. The first-order valence-electron chi connectivity index (χ1n) is 6.70. The smallest absolute Gasteiger partial charge is 0.123 e. The van der Waals surface area contributed by atoms with Gasteiger partial charge in [0.05, 0.1) is 0 Å². The molecule has 1 nitrogen and oxygen atoms in total. The molecule has 2 unspecified atom stereocenters. The summed E-state index contributed by atoms with van der Waals surface area (Å²) in [5.41, 5.74) is 4.25. The SMILES string of the molecule is c1ccc(COc2cccc3c2C2CC2C3)cc1. The normalized spacial score (nSPS) is 23.3. The minimum absolute atomic E-state index is 0.675. The molecule has 0 radical (unpaired) electrons. The van der Waals surface area contributed by atoms with Crippen LogP contribution in [-0.2, 0) is 13.0 Å². The van der Waals surface area contributed by atoms with Gasteiger partial charge in [-0.1, -0.05) is 42.5 Å². The molecule has 4 rings (SSSR count). The molecule has 2 aromatic carbocycles. The Bertz CT molecular complexity index is 573. The Hall–Kier alpha value is -1.76. The molecule has 0 aliphatic heterocycles. The average molecular weight is 236 g/mol. The first kappa shape index (κ1) is 10.2. The van der Waals surface area contributed by atoms with Crippen molar-refractivity contribution in [1.29, 1.82) is 0 Å². The fourth-order valence-electron chi connectivity index (χ4n) is 3.16. The lowest BCUT2D eigenvalue weighted by Gasteiger charge is -2.12. The maximum Gasteiger partial charge on any atom is 0.123 e. The summed E-state index contributed by atoms with van der Waals surface area (Å²) in [6.07, 6.45) is 2.64. The van der Waals surface area contributed by atoms with E-state index < -0.39 is 0 Å². The molecule has 1 heteroatoms. The Balaban J connectivity index is 1.58. The molecule has 0 heterocycles. The topological polar surface area (TPSA) is 9.23 Å². The molecule has 1 saturated carbocycles. The molecule has 0 N–H and O–H groups in total. The van der Waals surface area contributed by atoms with E-state index >= 15 is 0 Å². The Morgan fingerprint density at radius 3 is 2.78 bits per heavy atom. The van der Waals surface area contributed by atoms with E-state index in [-0.39, 0.29) is 0 Å². The van der Waals surface area contributed by atoms with E-state index in [1.54, 1.807) is 0 Å². The molecule has 2 aliphatic carbocycles. The van der Waals surface area contributed by atoms with Crippen molar-refractivity contribution in [1.82, 2.24) is 0 Å². The van der Waals surface area contributed by atoms with Crippen LogP contribution in [0.2, 0.25) is 0 Å². The average Bonchev–Trinajstić information content (AvgIpc) is 3.09. The van der Waals surface area contributed by atoms with E-state index in [0.29, 0.717) is 6.61 Å². The molecule has 0 saturated heterocycles. The lowest BCUT2D eigenvalue weighted by atomic mass is 10.1. The van der Waals surface area contributed by atoms with Gasteiger partial charge in [-0.2, -0.15) is 0 Å². The van der Waals surface area contributed by atoms with Crippen LogP contribution in [0.25, 0.3) is 0 Å². The predicted octanol–water partition coefficient (Wildman–Crippen LogP) is 3.93. The number of fused-ring (bicyclic) bond motifs is 3. The highest BCUT2D eigenvalue weighted by molar-refractivity contribution is 5.50. The van der Waals surface area contributed by atoms with Gasteiger partial charge in [0.1, 0.15) is 12.4 Å². The maximum atomic E-state index is 6.03. The van der Waals surface area contributed by atoms with Crippen molar-refractivity contribution < 1.29 is 4.74 Å². The second-order valence-corrected chi connectivity index (χ2v) is 5.41. The zero-order valence-electron chi connectivity index (χ0n) is 10.3. The predicted molar refractivity (Wildman–Crippen MR) is 71.8 cm³/mol. The second-order valence-electron chi connectivity index (χ2n) is 5.41. The Kier molecular flexibility index (Phi) is 2.19. The fraction of sp³-hybridized carbons (Fsp3) is 0.294. The summed E-state index contributed by atoms with van der Waals surface area (Å²) in [5, 5.41) is 0. The number of ether oxygens (including phenoxy) is 1. The van der Waals surface area contributed by atoms with Gasteiger partial charge in [-0.15, -0.1) is 0 Å². The maximum absolute atomic E-state index is 6.03. The van der Waals surface area contributed by atoms with Crippen molar-refractivity contribution in [3.8, 4) is 5.75 Å². The highest BCUT2D eigenvalue weighted by atomic mass is 16.5. The summed E-state index contributed by atoms with van der Waals surface area (Å²) in [5.74, 6) is 2.83. The van der Waals surface area contributed by atoms with Gasteiger partial charge in [0.25, 0.3) is 0 Å². The van der Waals surface area contributed by atoms with Crippen molar-refractivity contribution >= 4 is 0 Å². The Labute approximate surface area is 107 Å². The van der Waals surface area contributed by atoms with E-state index in [1.807, 2.05) is 6.07 Å². The van der Waals surface area contributed by atoms with Crippen LogP contribution in [0.4, 0.5) is 0 Å². The Morgan fingerprint density at radius 1 is 1.00 bits per heavy atom. The molecule has 0 spiro atoms. The molecule has 2 aliphatic rings. The number of hydrogen-bond donors (Lipinski definition) is 0. The summed E-state index contributed by atoms with van der Waals surface area (Å²) < 4.78 is 6.03. The van der Waals surface area contributed by atoms with Crippen LogP contribution >= 0.6 is 0 Å². The summed E-state index contributed by atoms with van der Waals surface area (Å²) in [6, 6.07) is 16.9. The monoisotopic (exact) mass is 236 g/mol. The van der Waals surface area contributed by atoms with Gasteiger partial charge in [-0.05, 0) is 41.9 Å². The fourth-order valence-corrected chi connectivity index (χ4v) is 3.16. The lowest BCUT2D eigenvalue weighted by molar-refractivity contribution is 0.303. The highest BCUT2D eigenvalue weighted by Crippen LogP contribution is 2.58. The third kappa shape index (κ3) is 1.62. The highest BCUT2D eigenvalue weighted by Gasteiger charge is 2.46. The number of rotatable bonds is 3. The van der Waals surface area contributed by atoms with Gasteiger partial charge in [-0.25, -0.2) is 0 Å². The van der Waals surface area contributed by atoms with Crippen LogP contribution in [0.3, 0.4) is 0 Å². The second kappa shape index (κ2) is 3.88. The summed E-state index contributed by atoms with van der Waals surface area (Å²) in [4.78, 5) is 0. The van der Waals surface area contributed by atoms with Crippen LogP contribution in [0.1, 0.15) is 29.0 Å². The molecule has 18 heavy (non-hydrogen) atoms. The van der Waals surface area contributed by atoms with Crippen molar-refractivity contribution in [3.63, 3.8) is 0 Å². The van der Waals surface area contributed by atoms with Gasteiger partial charge in [0, 0.05) is 5.56 Å². The number of hydrogen-bond acceptors (Lipinski definition) is 1. The zero-order valence-corrected chi connectivity index (χ0v) is 10.3. The Morgan fingerprint density at radius 2 is 1.89 bits per heavy atom. The third-order valence-electron chi connectivity index (χ3n) is 4.17. The molecule has 0 amide bonds. The van der Waals surface area contributed by atoms with Gasteiger partial charge < -0.3 is 4.74 Å². The minimum Gasteiger partial charge on any atom is -0.489 e. The first-order valence-corrected chi connectivity index (χ1v) is 6.70. The lowest BCUT2D eigenvalue weighted by Crippen LogP contribution is -1.98. The van der Waals surface area contributed by atoms with E-state index in [0.717, 1.165) is 17.6 Å².